The summed E-state index contributed by atoms with van der Waals surface area (Å²) in [5.74, 6) is -1.19. The van der Waals surface area contributed by atoms with Gasteiger partial charge in [0.2, 0.25) is 5.91 Å². The first kappa shape index (κ1) is 31.8. The number of anilines is 1. The summed E-state index contributed by atoms with van der Waals surface area (Å²) >= 11 is 0. The molecule has 0 aromatic heterocycles. The minimum atomic E-state index is -4.42. The van der Waals surface area contributed by atoms with Gasteiger partial charge in [-0.25, -0.2) is 4.79 Å². The quantitative estimate of drug-likeness (QED) is 0.289. The number of carbonyl (C=O) groups excluding carboxylic acids is 3. The largest absolute Gasteiger partial charge is 0.463 e. The number of halogens is 3. The van der Waals surface area contributed by atoms with Gasteiger partial charge in [-0.2, -0.15) is 13.2 Å². The summed E-state index contributed by atoms with van der Waals surface area (Å²) in [4.78, 5) is 45.2. The van der Waals surface area contributed by atoms with E-state index in [2.05, 4.69) is 0 Å². The topological polar surface area (TPSA) is 70.2 Å². The van der Waals surface area contributed by atoms with Gasteiger partial charge in [0.25, 0.3) is 5.91 Å². The van der Waals surface area contributed by atoms with Crippen molar-refractivity contribution in [1.82, 2.24) is 9.80 Å². The molecule has 2 aliphatic heterocycles. The molecule has 45 heavy (non-hydrogen) atoms. The molecule has 0 spiro atoms. The summed E-state index contributed by atoms with van der Waals surface area (Å²) in [5, 5.41) is 0. The van der Waals surface area contributed by atoms with Gasteiger partial charge in [0.05, 0.1) is 24.3 Å². The highest BCUT2D eigenvalue weighted by atomic mass is 19.4. The second-order valence-electron chi connectivity index (χ2n) is 11.4. The average molecular weight is 620 g/mol. The van der Waals surface area contributed by atoms with Crippen molar-refractivity contribution in [2.75, 3.05) is 37.7 Å². The van der Waals surface area contributed by atoms with Gasteiger partial charge in [0.15, 0.2) is 0 Å². The number of hydrogen-bond acceptors (Lipinski definition) is 5. The van der Waals surface area contributed by atoms with Gasteiger partial charge >= 0.3 is 12.1 Å². The number of aryl methyl sites for hydroxylation is 1. The minimum Gasteiger partial charge on any atom is -0.463 e. The first-order valence-electron chi connectivity index (χ1n) is 15.0. The Hall–Kier alpha value is -4.60. The molecule has 1 saturated heterocycles. The predicted molar refractivity (Wildman–Crippen MR) is 164 cm³/mol. The van der Waals surface area contributed by atoms with Gasteiger partial charge in [-0.3, -0.25) is 9.59 Å². The number of hydrogen-bond donors (Lipinski definition) is 0. The molecule has 236 valence electrons. The van der Waals surface area contributed by atoms with Crippen molar-refractivity contribution < 1.29 is 32.3 Å². The van der Waals surface area contributed by atoms with E-state index in [9.17, 15) is 27.6 Å². The zero-order valence-corrected chi connectivity index (χ0v) is 25.6. The lowest BCUT2D eigenvalue weighted by Crippen LogP contribution is -2.48. The molecule has 3 aromatic rings. The van der Waals surface area contributed by atoms with E-state index in [1.165, 1.54) is 6.07 Å². The van der Waals surface area contributed by atoms with Crippen LogP contribution in [0.4, 0.5) is 18.9 Å². The Kier molecular flexibility index (Phi) is 9.32. The van der Waals surface area contributed by atoms with Crippen molar-refractivity contribution in [3.05, 3.63) is 112 Å². The number of rotatable bonds is 7. The Balaban J connectivity index is 1.31. The van der Waals surface area contributed by atoms with Crippen molar-refractivity contribution in [1.29, 1.82) is 0 Å². The van der Waals surface area contributed by atoms with Crippen LogP contribution in [-0.2, 0) is 27.0 Å². The molecular weight excluding hydrogens is 583 g/mol. The fourth-order valence-electron chi connectivity index (χ4n) is 6.06. The number of ether oxygens (including phenoxy) is 1. The number of piperazine rings is 1. The van der Waals surface area contributed by atoms with Crippen molar-refractivity contribution >= 4 is 23.5 Å². The number of benzene rings is 3. The van der Waals surface area contributed by atoms with Gasteiger partial charge in [-0.05, 0) is 62.2 Å². The lowest BCUT2D eigenvalue weighted by molar-refractivity contribution is -0.140. The zero-order valence-electron chi connectivity index (χ0n) is 25.6. The average Bonchev–Trinajstić information content (AvgIpc) is 3.02. The molecule has 3 aromatic carbocycles. The highest BCUT2D eigenvalue weighted by Gasteiger charge is 2.37. The number of esters is 1. The molecule has 0 radical (unpaired) electrons. The zero-order chi connectivity index (χ0) is 32.3. The van der Waals surface area contributed by atoms with Crippen LogP contribution < -0.4 is 4.90 Å². The van der Waals surface area contributed by atoms with E-state index < -0.39 is 23.6 Å². The summed E-state index contributed by atoms with van der Waals surface area (Å²) in [5.41, 5.74) is 3.84. The number of alkyl halides is 3. The predicted octanol–water partition coefficient (Wildman–Crippen LogP) is 6.33. The van der Waals surface area contributed by atoms with E-state index in [1.54, 1.807) is 47.9 Å². The molecule has 0 bridgehead atoms. The van der Waals surface area contributed by atoms with Gasteiger partial charge in [0, 0.05) is 55.5 Å². The van der Waals surface area contributed by atoms with Gasteiger partial charge in [0.1, 0.15) is 0 Å². The van der Waals surface area contributed by atoms with E-state index in [1.807, 2.05) is 42.2 Å². The number of amides is 2. The SMILES string of the molecule is CCOC(=O)C1=C(C)N(Cc2cccc(C(=O)N3CCN(c4cccc(C(F)(F)F)c4)CC3)c2)C(=O)CC1c1cccc(C)c1. The maximum atomic E-state index is 13.5. The molecule has 10 heteroatoms. The Labute approximate surface area is 260 Å². The Bertz CT molecular complexity index is 1630. The number of carbonyl (C=O) groups is 3. The van der Waals surface area contributed by atoms with Crippen molar-refractivity contribution in [2.24, 2.45) is 0 Å². The third-order valence-corrected chi connectivity index (χ3v) is 8.38. The minimum absolute atomic E-state index is 0.115. The van der Waals surface area contributed by atoms with Gasteiger partial charge in [-0.1, -0.05) is 48.0 Å². The van der Waals surface area contributed by atoms with Crippen LogP contribution >= 0.6 is 0 Å². The number of nitrogens with zero attached hydrogens (tertiary/aromatic N) is 3. The van der Waals surface area contributed by atoms with Crippen LogP contribution in [0, 0.1) is 6.92 Å². The summed E-state index contributed by atoms with van der Waals surface area (Å²) in [6.07, 6.45) is -4.31. The van der Waals surface area contributed by atoms with E-state index >= 15 is 0 Å². The smallest absolute Gasteiger partial charge is 0.416 e. The normalized spacial score (nSPS) is 17.5. The van der Waals surface area contributed by atoms with Crippen LogP contribution in [0.2, 0.25) is 0 Å². The van der Waals surface area contributed by atoms with Crippen molar-refractivity contribution in [2.45, 2.75) is 45.8 Å². The lowest BCUT2D eigenvalue weighted by atomic mass is 9.83. The fourth-order valence-corrected chi connectivity index (χ4v) is 6.06. The highest BCUT2D eigenvalue weighted by molar-refractivity contribution is 5.96. The van der Waals surface area contributed by atoms with Gasteiger partial charge < -0.3 is 19.4 Å². The Morgan fingerprint density at radius 1 is 0.911 bits per heavy atom. The standard InChI is InChI=1S/C35H36F3N3O4/c1-4-45-34(44)32-24(3)41(31(42)21-30(32)26-10-5-8-23(2)18-26)22-25-9-6-11-27(19-25)33(43)40-16-14-39(15-17-40)29-13-7-12-28(20-29)35(36,37)38/h5-13,18-20,30H,4,14-17,21-22H2,1-3H3. The monoisotopic (exact) mass is 619 g/mol. The van der Waals surface area contributed by atoms with E-state index in [0.717, 1.165) is 28.8 Å². The summed E-state index contributed by atoms with van der Waals surface area (Å²) < 4.78 is 45.0. The third-order valence-electron chi connectivity index (χ3n) is 8.38. The van der Waals surface area contributed by atoms with Crippen LogP contribution in [0.3, 0.4) is 0 Å². The lowest BCUT2D eigenvalue weighted by Gasteiger charge is -2.36. The van der Waals surface area contributed by atoms with E-state index in [4.69, 9.17) is 4.74 Å². The fraction of sp³-hybridized carbons (Fsp3) is 0.343. The highest BCUT2D eigenvalue weighted by Crippen LogP contribution is 2.38. The molecular formula is C35H36F3N3O4. The Morgan fingerprint density at radius 3 is 2.31 bits per heavy atom. The van der Waals surface area contributed by atoms with Crippen molar-refractivity contribution in [3.8, 4) is 0 Å². The number of allylic oxidation sites excluding steroid dienone is 1. The second-order valence-corrected chi connectivity index (χ2v) is 11.4. The van der Waals surface area contributed by atoms with Crippen molar-refractivity contribution in [3.63, 3.8) is 0 Å². The van der Waals surface area contributed by atoms with Gasteiger partial charge in [-0.15, -0.1) is 0 Å². The molecule has 1 atom stereocenters. The molecule has 0 aliphatic carbocycles. The summed E-state index contributed by atoms with van der Waals surface area (Å²) in [6.45, 7) is 7.37. The molecule has 1 fully saturated rings. The van der Waals surface area contributed by atoms with Crippen LogP contribution in [0.25, 0.3) is 0 Å². The van der Waals surface area contributed by atoms with Crippen LogP contribution in [0.5, 0.6) is 0 Å². The summed E-state index contributed by atoms with van der Waals surface area (Å²) in [6, 6.07) is 20.0. The van der Waals surface area contributed by atoms with E-state index in [-0.39, 0.29) is 31.4 Å². The van der Waals surface area contributed by atoms with Crippen LogP contribution in [-0.4, -0.2) is 60.4 Å². The maximum Gasteiger partial charge on any atom is 0.416 e. The first-order chi connectivity index (χ1) is 21.5. The van der Waals surface area contributed by atoms with Crippen LogP contribution in [0.15, 0.2) is 84.1 Å². The maximum absolute atomic E-state index is 13.5. The molecule has 2 amide bonds. The first-order valence-corrected chi connectivity index (χ1v) is 15.0. The molecule has 5 rings (SSSR count). The van der Waals surface area contributed by atoms with Crippen LogP contribution in [0.1, 0.15) is 58.8 Å². The summed E-state index contributed by atoms with van der Waals surface area (Å²) in [7, 11) is 0. The molecule has 2 aliphatic rings. The molecule has 0 N–H and O–H groups in total. The molecule has 7 nitrogen and oxygen atoms in total. The Morgan fingerprint density at radius 2 is 1.62 bits per heavy atom. The second kappa shape index (κ2) is 13.2. The molecule has 2 heterocycles. The third kappa shape index (κ3) is 7.05. The van der Waals surface area contributed by atoms with E-state index in [0.29, 0.717) is 48.7 Å². The molecule has 0 saturated carbocycles. The molecule has 1 unspecified atom stereocenters.